The molecule has 0 fully saturated rings. The van der Waals surface area contributed by atoms with Crippen LogP contribution in [0.4, 0.5) is 29.3 Å². The van der Waals surface area contributed by atoms with Gasteiger partial charge in [-0.15, -0.1) is 0 Å². The van der Waals surface area contributed by atoms with Crippen LogP contribution in [0.2, 0.25) is 0 Å². The Morgan fingerprint density at radius 1 is 1.23 bits per heavy atom. The topological polar surface area (TPSA) is 79.0 Å². The van der Waals surface area contributed by atoms with Crippen LogP contribution in [0, 0.1) is 0 Å². The Balaban J connectivity index is 1.72. The van der Waals surface area contributed by atoms with E-state index in [1.54, 1.807) is 19.5 Å². The number of ether oxygens (including phenoxy) is 1. The zero-order valence-electron chi connectivity index (χ0n) is 13.6. The molecule has 2 heterocycles. The number of benzene rings is 1. The van der Waals surface area contributed by atoms with Crippen LogP contribution in [-0.2, 0) is 17.5 Å². The van der Waals surface area contributed by atoms with E-state index in [0.717, 1.165) is 17.7 Å². The van der Waals surface area contributed by atoms with Crippen LogP contribution in [0.15, 0.2) is 42.7 Å². The summed E-state index contributed by atoms with van der Waals surface area (Å²) in [7, 11) is 1.57. The van der Waals surface area contributed by atoms with E-state index in [2.05, 4.69) is 20.6 Å². The number of H-pyrrole nitrogens is 1. The molecule has 6 nitrogen and oxygen atoms in total. The lowest BCUT2D eigenvalue weighted by molar-refractivity contribution is -0.137. The molecule has 0 unspecified atom stereocenters. The zero-order chi connectivity index (χ0) is 18.7. The maximum Gasteiger partial charge on any atom is 0.416 e. The van der Waals surface area contributed by atoms with Gasteiger partial charge in [0.05, 0.1) is 17.9 Å². The number of pyridine rings is 1. The largest absolute Gasteiger partial charge is 0.416 e. The maximum absolute atomic E-state index is 12.6. The quantitative estimate of drug-likeness (QED) is 0.643. The van der Waals surface area contributed by atoms with E-state index in [0.29, 0.717) is 23.3 Å². The van der Waals surface area contributed by atoms with Gasteiger partial charge in [-0.2, -0.15) is 13.2 Å². The minimum atomic E-state index is -4.42. The van der Waals surface area contributed by atoms with Crippen molar-refractivity contribution in [2.45, 2.75) is 12.8 Å². The van der Waals surface area contributed by atoms with Gasteiger partial charge in [-0.3, -0.25) is 0 Å². The number of anilines is 2. The van der Waals surface area contributed by atoms with Crippen LogP contribution in [0.25, 0.3) is 11.0 Å². The van der Waals surface area contributed by atoms with Gasteiger partial charge >= 0.3 is 12.2 Å². The van der Waals surface area contributed by atoms with E-state index in [1.165, 1.54) is 12.1 Å². The number of fused-ring (bicyclic) bond motifs is 1. The maximum atomic E-state index is 12.6. The van der Waals surface area contributed by atoms with Gasteiger partial charge in [0.25, 0.3) is 0 Å². The molecule has 9 heteroatoms. The molecule has 3 N–H and O–H groups in total. The monoisotopic (exact) mass is 364 g/mol. The van der Waals surface area contributed by atoms with Crippen LogP contribution in [0.5, 0.6) is 0 Å². The van der Waals surface area contributed by atoms with Crippen molar-refractivity contribution in [1.29, 1.82) is 0 Å². The molecule has 3 rings (SSSR count). The number of hydrogen-bond acceptors (Lipinski definition) is 3. The third kappa shape index (κ3) is 3.94. The highest BCUT2D eigenvalue weighted by Gasteiger charge is 2.29. The molecule has 0 bridgehead atoms. The Morgan fingerprint density at radius 3 is 2.62 bits per heavy atom. The standard InChI is InChI=1S/C17H15F3N4O2/c1-26-9-10-6-13-14(8-22-15(13)21-7-10)24-16(25)23-12-4-2-11(3-5-12)17(18,19)20/h2-8H,9H2,1H3,(H,21,22)(H2,23,24,25). The molecule has 0 radical (unpaired) electrons. The number of rotatable bonds is 4. The summed E-state index contributed by atoms with van der Waals surface area (Å²) in [6, 6.07) is 5.44. The molecule has 2 aromatic heterocycles. The summed E-state index contributed by atoms with van der Waals surface area (Å²) >= 11 is 0. The number of amides is 2. The predicted octanol–water partition coefficient (Wildman–Crippen LogP) is 4.37. The van der Waals surface area contributed by atoms with Gasteiger partial charge in [-0.05, 0) is 35.9 Å². The molecule has 0 saturated heterocycles. The van der Waals surface area contributed by atoms with Crippen LogP contribution < -0.4 is 10.6 Å². The lowest BCUT2D eigenvalue weighted by Gasteiger charge is -2.09. The molecular formula is C17H15F3N4O2. The highest BCUT2D eigenvalue weighted by Crippen LogP contribution is 2.30. The second-order valence-electron chi connectivity index (χ2n) is 5.53. The van der Waals surface area contributed by atoms with Crippen LogP contribution in [0.1, 0.15) is 11.1 Å². The molecule has 1 aromatic carbocycles. The molecule has 0 spiro atoms. The summed E-state index contributed by atoms with van der Waals surface area (Å²) in [5.74, 6) is 0. The third-order valence-electron chi connectivity index (χ3n) is 3.62. The highest BCUT2D eigenvalue weighted by molar-refractivity contribution is 6.05. The van der Waals surface area contributed by atoms with Crippen molar-refractivity contribution < 1.29 is 22.7 Å². The molecule has 2 amide bonds. The number of carbonyl (C=O) groups is 1. The van der Waals surface area contributed by atoms with E-state index in [1.807, 2.05) is 6.07 Å². The van der Waals surface area contributed by atoms with E-state index in [4.69, 9.17) is 4.74 Å². The molecule has 0 saturated carbocycles. The van der Waals surface area contributed by atoms with Gasteiger partial charge in [0.1, 0.15) is 5.65 Å². The van der Waals surface area contributed by atoms with Gasteiger partial charge in [-0.25, -0.2) is 9.78 Å². The second-order valence-corrected chi connectivity index (χ2v) is 5.53. The molecule has 0 aliphatic heterocycles. The van der Waals surface area contributed by atoms with Crippen LogP contribution >= 0.6 is 0 Å². The predicted molar refractivity (Wildman–Crippen MR) is 90.9 cm³/mol. The van der Waals surface area contributed by atoms with Gasteiger partial charge < -0.3 is 20.4 Å². The minimum Gasteiger partial charge on any atom is -0.380 e. The minimum absolute atomic E-state index is 0.244. The van der Waals surface area contributed by atoms with E-state index >= 15 is 0 Å². The lowest BCUT2D eigenvalue weighted by Crippen LogP contribution is -2.19. The summed E-state index contributed by atoms with van der Waals surface area (Å²) in [5.41, 5.74) is 1.39. The fraction of sp³-hybridized carbons (Fsp3) is 0.176. The van der Waals surface area contributed by atoms with E-state index in [-0.39, 0.29) is 5.69 Å². The van der Waals surface area contributed by atoms with E-state index < -0.39 is 17.8 Å². The molecule has 0 aliphatic carbocycles. The number of nitrogens with zero attached hydrogens (tertiary/aromatic N) is 1. The molecule has 0 atom stereocenters. The molecule has 3 aromatic rings. The number of aromatic nitrogens is 2. The lowest BCUT2D eigenvalue weighted by atomic mass is 10.2. The Bertz CT molecular complexity index is 920. The van der Waals surface area contributed by atoms with Crippen molar-refractivity contribution in [1.82, 2.24) is 9.97 Å². The number of urea groups is 1. The zero-order valence-corrected chi connectivity index (χ0v) is 13.6. The third-order valence-corrected chi connectivity index (χ3v) is 3.62. The van der Waals surface area contributed by atoms with Gasteiger partial charge in [0.15, 0.2) is 0 Å². The van der Waals surface area contributed by atoms with E-state index in [9.17, 15) is 18.0 Å². The van der Waals surface area contributed by atoms with Crippen molar-refractivity contribution in [2.24, 2.45) is 0 Å². The fourth-order valence-electron chi connectivity index (χ4n) is 2.42. The summed E-state index contributed by atoms with van der Waals surface area (Å²) in [6.07, 6.45) is -1.17. The normalized spacial score (nSPS) is 11.5. The van der Waals surface area contributed by atoms with Crippen molar-refractivity contribution in [3.63, 3.8) is 0 Å². The number of methoxy groups -OCH3 is 1. The average Bonchev–Trinajstić information content (AvgIpc) is 2.97. The number of nitrogens with one attached hydrogen (secondary N) is 3. The summed E-state index contributed by atoms with van der Waals surface area (Å²) < 4.78 is 42.7. The van der Waals surface area contributed by atoms with Gasteiger partial charge in [0.2, 0.25) is 0 Å². The number of halogens is 3. The van der Waals surface area contributed by atoms with Crippen molar-refractivity contribution in [2.75, 3.05) is 17.7 Å². The number of alkyl halides is 3. The number of carbonyl (C=O) groups excluding carboxylic acids is 1. The first-order chi connectivity index (χ1) is 12.4. The Morgan fingerprint density at radius 2 is 1.96 bits per heavy atom. The van der Waals surface area contributed by atoms with Crippen molar-refractivity contribution >= 4 is 28.4 Å². The Labute approximate surface area is 146 Å². The Kier molecular flexibility index (Phi) is 4.81. The summed E-state index contributed by atoms with van der Waals surface area (Å²) in [4.78, 5) is 19.3. The summed E-state index contributed by atoms with van der Waals surface area (Å²) in [6.45, 7) is 0.380. The fourth-order valence-corrected chi connectivity index (χ4v) is 2.42. The molecular weight excluding hydrogens is 349 g/mol. The summed E-state index contributed by atoms with van der Waals surface area (Å²) in [5, 5.41) is 5.83. The Hall–Kier alpha value is -3.07. The van der Waals surface area contributed by atoms with Crippen LogP contribution in [0.3, 0.4) is 0 Å². The van der Waals surface area contributed by atoms with Gasteiger partial charge in [-0.1, -0.05) is 0 Å². The first kappa shape index (κ1) is 17.7. The number of hydrogen-bond donors (Lipinski definition) is 3. The average molecular weight is 364 g/mol. The van der Waals surface area contributed by atoms with Gasteiger partial charge in [0, 0.05) is 30.6 Å². The number of aromatic amines is 1. The molecule has 26 heavy (non-hydrogen) atoms. The molecule has 136 valence electrons. The van der Waals surface area contributed by atoms with Crippen molar-refractivity contribution in [3.8, 4) is 0 Å². The highest BCUT2D eigenvalue weighted by atomic mass is 19.4. The molecule has 0 aliphatic rings. The first-order valence-corrected chi connectivity index (χ1v) is 7.57. The smallest absolute Gasteiger partial charge is 0.380 e. The van der Waals surface area contributed by atoms with Crippen LogP contribution in [-0.4, -0.2) is 23.1 Å². The first-order valence-electron chi connectivity index (χ1n) is 7.57. The van der Waals surface area contributed by atoms with Crippen molar-refractivity contribution in [3.05, 3.63) is 53.9 Å². The SMILES string of the molecule is COCc1cnc2[nH]cc(NC(=O)Nc3ccc(C(F)(F)F)cc3)c2c1. The second kappa shape index (κ2) is 7.04.